The molecule has 0 unspecified atom stereocenters. The second-order valence-electron chi connectivity index (χ2n) is 2.16. The van der Waals surface area contributed by atoms with Crippen molar-refractivity contribution in [1.82, 2.24) is 4.98 Å². The molecule has 66 valence electrons. The second-order valence-corrected chi connectivity index (χ2v) is 2.54. The molecule has 0 bridgehead atoms. The van der Waals surface area contributed by atoms with Gasteiger partial charge in [-0.15, -0.1) is 0 Å². The summed E-state index contributed by atoms with van der Waals surface area (Å²) in [5.41, 5.74) is 0. The van der Waals surface area contributed by atoms with Gasteiger partial charge in [0.25, 0.3) is 0 Å². The van der Waals surface area contributed by atoms with Crippen LogP contribution in [0.3, 0.4) is 0 Å². The Bertz CT molecular complexity index is 242. The first kappa shape index (κ1) is 9.29. The van der Waals surface area contributed by atoms with Crippen LogP contribution in [0.4, 0.5) is 0 Å². The zero-order chi connectivity index (χ0) is 8.81. The molecule has 1 heterocycles. The lowest BCUT2D eigenvalue weighted by Crippen LogP contribution is -2.04. The number of hydrogen-bond donors (Lipinski definition) is 0. The molecule has 0 N–H and O–H groups in total. The van der Waals surface area contributed by atoms with Crippen LogP contribution in [0.1, 0.15) is 0 Å². The van der Waals surface area contributed by atoms with Gasteiger partial charge in [-0.05, 0) is 6.07 Å². The van der Waals surface area contributed by atoms with Gasteiger partial charge in [-0.1, -0.05) is 11.6 Å². The third kappa shape index (κ3) is 3.07. The van der Waals surface area contributed by atoms with Crippen LogP contribution in [-0.2, 0) is 4.74 Å². The monoisotopic (exact) mass is 187 g/mol. The summed E-state index contributed by atoms with van der Waals surface area (Å²) < 4.78 is 10.1. The van der Waals surface area contributed by atoms with Crippen LogP contribution in [0.2, 0.25) is 5.15 Å². The average molecular weight is 188 g/mol. The zero-order valence-electron chi connectivity index (χ0n) is 6.79. The van der Waals surface area contributed by atoms with E-state index >= 15 is 0 Å². The van der Waals surface area contributed by atoms with Gasteiger partial charge in [-0.25, -0.2) is 4.98 Å². The summed E-state index contributed by atoms with van der Waals surface area (Å²) >= 11 is 5.64. The van der Waals surface area contributed by atoms with E-state index in [2.05, 4.69) is 4.98 Å². The van der Waals surface area contributed by atoms with Gasteiger partial charge < -0.3 is 9.47 Å². The third-order valence-electron chi connectivity index (χ3n) is 1.25. The van der Waals surface area contributed by atoms with Crippen molar-refractivity contribution in [2.45, 2.75) is 0 Å². The summed E-state index contributed by atoms with van der Waals surface area (Å²) in [6, 6.07) is 3.42. The molecule has 0 aliphatic carbocycles. The zero-order valence-corrected chi connectivity index (χ0v) is 7.54. The summed E-state index contributed by atoms with van der Waals surface area (Å²) in [4.78, 5) is 3.82. The Kier molecular flexibility index (Phi) is 3.84. The molecule has 0 aromatic carbocycles. The Morgan fingerprint density at radius 3 is 3.00 bits per heavy atom. The molecule has 0 fully saturated rings. The predicted octanol–water partition coefficient (Wildman–Crippen LogP) is 1.76. The van der Waals surface area contributed by atoms with Crippen molar-refractivity contribution in [3.8, 4) is 5.75 Å². The van der Waals surface area contributed by atoms with E-state index in [9.17, 15) is 0 Å². The summed E-state index contributed by atoms with van der Waals surface area (Å²) in [7, 11) is 1.63. The highest BCUT2D eigenvalue weighted by Gasteiger charge is 1.94. The van der Waals surface area contributed by atoms with Gasteiger partial charge in [0, 0.05) is 19.4 Å². The topological polar surface area (TPSA) is 31.4 Å². The Morgan fingerprint density at radius 2 is 2.33 bits per heavy atom. The molecule has 3 nitrogen and oxygen atoms in total. The maximum atomic E-state index is 5.64. The molecule has 1 rings (SSSR count). The second kappa shape index (κ2) is 4.95. The predicted molar refractivity (Wildman–Crippen MR) is 46.6 cm³/mol. The molecule has 0 radical (unpaired) electrons. The Balaban J connectivity index is 2.41. The van der Waals surface area contributed by atoms with E-state index in [1.807, 2.05) is 0 Å². The summed E-state index contributed by atoms with van der Waals surface area (Å²) in [5.74, 6) is 0.715. The Labute approximate surface area is 76.3 Å². The Morgan fingerprint density at radius 1 is 1.50 bits per heavy atom. The van der Waals surface area contributed by atoms with E-state index < -0.39 is 0 Å². The first-order valence-electron chi connectivity index (χ1n) is 3.56. The number of aromatic nitrogens is 1. The van der Waals surface area contributed by atoms with Gasteiger partial charge in [0.2, 0.25) is 0 Å². The van der Waals surface area contributed by atoms with Crippen LogP contribution in [0, 0.1) is 0 Å². The first-order chi connectivity index (χ1) is 5.83. The van der Waals surface area contributed by atoms with E-state index in [1.165, 1.54) is 0 Å². The maximum absolute atomic E-state index is 5.64. The van der Waals surface area contributed by atoms with Crippen molar-refractivity contribution in [2.24, 2.45) is 0 Å². The maximum Gasteiger partial charge on any atom is 0.132 e. The van der Waals surface area contributed by atoms with Gasteiger partial charge in [-0.2, -0.15) is 0 Å². The minimum Gasteiger partial charge on any atom is -0.491 e. The number of nitrogens with zero attached hydrogens (tertiary/aromatic N) is 1. The van der Waals surface area contributed by atoms with E-state index in [0.29, 0.717) is 24.1 Å². The van der Waals surface area contributed by atoms with E-state index in [-0.39, 0.29) is 0 Å². The quantitative estimate of drug-likeness (QED) is 0.532. The average Bonchev–Trinajstić information content (AvgIpc) is 2.05. The molecular formula is C8H10ClNO2. The number of methoxy groups -OCH3 is 1. The first-order valence-corrected chi connectivity index (χ1v) is 3.94. The Hall–Kier alpha value is -0.800. The molecule has 0 saturated carbocycles. The SMILES string of the molecule is COCCOc1ccnc(Cl)c1. The fourth-order valence-electron chi connectivity index (χ4n) is 0.717. The van der Waals surface area contributed by atoms with Gasteiger partial charge in [0.15, 0.2) is 0 Å². The molecule has 0 saturated heterocycles. The van der Waals surface area contributed by atoms with E-state index in [4.69, 9.17) is 21.1 Å². The van der Waals surface area contributed by atoms with Gasteiger partial charge in [0.05, 0.1) is 6.61 Å². The summed E-state index contributed by atoms with van der Waals surface area (Å²) in [6.45, 7) is 1.09. The molecular weight excluding hydrogens is 178 g/mol. The molecule has 1 aromatic heterocycles. The molecule has 12 heavy (non-hydrogen) atoms. The molecule has 4 heteroatoms. The summed E-state index contributed by atoms with van der Waals surface area (Å²) in [5, 5.41) is 0.435. The van der Waals surface area contributed by atoms with Crippen LogP contribution in [0.15, 0.2) is 18.3 Å². The third-order valence-corrected chi connectivity index (χ3v) is 1.46. The highest BCUT2D eigenvalue weighted by Crippen LogP contribution is 2.13. The minimum atomic E-state index is 0.435. The number of hydrogen-bond acceptors (Lipinski definition) is 3. The molecule has 0 aliphatic rings. The summed E-state index contributed by atoms with van der Waals surface area (Å²) in [6.07, 6.45) is 1.60. The number of halogens is 1. The van der Waals surface area contributed by atoms with Crippen molar-refractivity contribution < 1.29 is 9.47 Å². The molecule has 0 amide bonds. The van der Waals surface area contributed by atoms with Crippen LogP contribution in [0.25, 0.3) is 0 Å². The van der Waals surface area contributed by atoms with Gasteiger partial charge in [0.1, 0.15) is 17.5 Å². The van der Waals surface area contributed by atoms with Crippen LogP contribution in [0.5, 0.6) is 5.75 Å². The van der Waals surface area contributed by atoms with Crippen LogP contribution >= 0.6 is 11.6 Å². The fraction of sp³-hybridized carbons (Fsp3) is 0.375. The van der Waals surface area contributed by atoms with Crippen molar-refractivity contribution in [3.63, 3.8) is 0 Å². The smallest absolute Gasteiger partial charge is 0.132 e. The van der Waals surface area contributed by atoms with E-state index in [0.717, 1.165) is 0 Å². The lowest BCUT2D eigenvalue weighted by molar-refractivity contribution is 0.146. The van der Waals surface area contributed by atoms with E-state index in [1.54, 1.807) is 25.4 Å². The van der Waals surface area contributed by atoms with Crippen molar-refractivity contribution in [3.05, 3.63) is 23.5 Å². The van der Waals surface area contributed by atoms with Crippen molar-refractivity contribution in [2.75, 3.05) is 20.3 Å². The molecule has 0 spiro atoms. The number of pyridine rings is 1. The standard InChI is InChI=1S/C8H10ClNO2/c1-11-4-5-12-7-2-3-10-8(9)6-7/h2-3,6H,4-5H2,1H3. The van der Waals surface area contributed by atoms with Gasteiger partial charge >= 0.3 is 0 Å². The lowest BCUT2D eigenvalue weighted by Gasteiger charge is -2.04. The largest absolute Gasteiger partial charge is 0.491 e. The fourth-order valence-corrected chi connectivity index (χ4v) is 0.881. The van der Waals surface area contributed by atoms with Crippen LogP contribution < -0.4 is 4.74 Å². The van der Waals surface area contributed by atoms with Crippen LogP contribution in [-0.4, -0.2) is 25.3 Å². The molecule has 0 atom stereocenters. The molecule has 0 aliphatic heterocycles. The van der Waals surface area contributed by atoms with Crippen molar-refractivity contribution in [1.29, 1.82) is 0 Å². The lowest BCUT2D eigenvalue weighted by atomic mass is 10.4. The number of rotatable bonds is 4. The molecule has 1 aromatic rings. The normalized spacial score (nSPS) is 9.83. The minimum absolute atomic E-state index is 0.435. The van der Waals surface area contributed by atoms with Crippen molar-refractivity contribution >= 4 is 11.6 Å². The van der Waals surface area contributed by atoms with Gasteiger partial charge in [-0.3, -0.25) is 0 Å². The number of ether oxygens (including phenoxy) is 2. The highest BCUT2D eigenvalue weighted by atomic mass is 35.5. The highest BCUT2D eigenvalue weighted by molar-refractivity contribution is 6.29.